The van der Waals surface area contributed by atoms with Gasteiger partial charge in [0.15, 0.2) is 11.5 Å². The number of aryl methyl sites for hydroxylation is 1. The molecule has 0 saturated carbocycles. The normalized spacial score (nSPS) is 11.0. The maximum absolute atomic E-state index is 11.4. The van der Waals surface area contributed by atoms with E-state index in [0.717, 1.165) is 5.56 Å². The van der Waals surface area contributed by atoms with E-state index in [1.54, 1.807) is 13.1 Å². The van der Waals surface area contributed by atoms with Crippen LogP contribution in [0.1, 0.15) is 32.0 Å². The second-order valence-electron chi connectivity index (χ2n) is 5.41. The standard InChI is InChI=1S/C17H22N4O3/c1-5-23-15-9-13(6-7-14(15)24-11(2)3)10-18-21-17-19-12(4)8-16(22)20-17/h6-11H,5H2,1-4H3,(H2,19,20,21,22)/b18-10+. The van der Waals surface area contributed by atoms with Crippen molar-refractivity contribution in [2.75, 3.05) is 12.0 Å². The largest absolute Gasteiger partial charge is 0.490 e. The highest BCUT2D eigenvalue weighted by atomic mass is 16.5. The molecule has 0 saturated heterocycles. The van der Waals surface area contributed by atoms with Crippen LogP contribution in [0.4, 0.5) is 5.95 Å². The van der Waals surface area contributed by atoms with Gasteiger partial charge in [0, 0.05) is 11.8 Å². The molecule has 0 radical (unpaired) electrons. The zero-order valence-electron chi connectivity index (χ0n) is 14.3. The van der Waals surface area contributed by atoms with Crippen molar-refractivity contribution in [2.45, 2.75) is 33.8 Å². The number of rotatable bonds is 7. The van der Waals surface area contributed by atoms with Crippen molar-refractivity contribution in [3.8, 4) is 11.5 Å². The Hall–Kier alpha value is -2.83. The Morgan fingerprint density at radius 1 is 1.33 bits per heavy atom. The molecule has 1 aromatic carbocycles. The molecule has 0 bridgehead atoms. The number of hydrogen-bond donors (Lipinski definition) is 2. The van der Waals surface area contributed by atoms with Crippen molar-refractivity contribution >= 4 is 12.2 Å². The number of anilines is 1. The monoisotopic (exact) mass is 330 g/mol. The van der Waals surface area contributed by atoms with E-state index in [-0.39, 0.29) is 11.7 Å². The van der Waals surface area contributed by atoms with Crippen LogP contribution in [-0.2, 0) is 0 Å². The van der Waals surface area contributed by atoms with Crippen molar-refractivity contribution in [3.05, 3.63) is 45.9 Å². The van der Waals surface area contributed by atoms with E-state index in [9.17, 15) is 4.79 Å². The summed E-state index contributed by atoms with van der Waals surface area (Å²) < 4.78 is 11.3. The molecule has 7 heteroatoms. The van der Waals surface area contributed by atoms with Gasteiger partial charge in [0.2, 0.25) is 5.95 Å². The molecule has 0 amide bonds. The fourth-order valence-corrected chi connectivity index (χ4v) is 2.02. The highest BCUT2D eigenvalue weighted by Gasteiger charge is 2.07. The number of benzene rings is 1. The van der Waals surface area contributed by atoms with Crippen molar-refractivity contribution in [1.82, 2.24) is 9.97 Å². The predicted molar refractivity (Wildman–Crippen MR) is 94.2 cm³/mol. The van der Waals surface area contributed by atoms with E-state index < -0.39 is 0 Å². The summed E-state index contributed by atoms with van der Waals surface area (Å²) in [5.74, 6) is 1.65. The van der Waals surface area contributed by atoms with Gasteiger partial charge in [0.05, 0.1) is 18.9 Å². The molecule has 0 unspecified atom stereocenters. The third-order valence-electron chi connectivity index (χ3n) is 2.88. The summed E-state index contributed by atoms with van der Waals surface area (Å²) >= 11 is 0. The van der Waals surface area contributed by atoms with Gasteiger partial charge >= 0.3 is 0 Å². The minimum absolute atomic E-state index is 0.0645. The zero-order chi connectivity index (χ0) is 17.5. The van der Waals surface area contributed by atoms with Crippen molar-refractivity contribution in [1.29, 1.82) is 0 Å². The third-order valence-corrected chi connectivity index (χ3v) is 2.88. The fraction of sp³-hybridized carbons (Fsp3) is 0.353. The van der Waals surface area contributed by atoms with E-state index in [2.05, 4.69) is 20.5 Å². The quantitative estimate of drug-likeness (QED) is 0.602. The molecule has 2 rings (SSSR count). The van der Waals surface area contributed by atoms with Gasteiger partial charge in [0.1, 0.15) is 0 Å². The molecule has 24 heavy (non-hydrogen) atoms. The SMILES string of the molecule is CCOc1cc(/C=N/Nc2nc(C)cc(=O)[nH]2)ccc1OC(C)C. The number of aromatic nitrogens is 2. The van der Waals surface area contributed by atoms with Crippen LogP contribution >= 0.6 is 0 Å². The Kier molecular flexibility index (Phi) is 5.95. The zero-order valence-corrected chi connectivity index (χ0v) is 14.3. The summed E-state index contributed by atoms with van der Waals surface area (Å²) in [6, 6.07) is 6.98. The molecule has 1 heterocycles. The van der Waals surface area contributed by atoms with Gasteiger partial charge in [-0.3, -0.25) is 9.78 Å². The Bertz CT molecular complexity index is 769. The van der Waals surface area contributed by atoms with Gasteiger partial charge in [-0.05, 0) is 51.5 Å². The van der Waals surface area contributed by atoms with Crippen LogP contribution in [0.25, 0.3) is 0 Å². The topological polar surface area (TPSA) is 88.6 Å². The van der Waals surface area contributed by atoms with Crippen LogP contribution in [0, 0.1) is 6.92 Å². The molecular formula is C17H22N4O3. The van der Waals surface area contributed by atoms with Crippen molar-refractivity contribution in [2.24, 2.45) is 5.10 Å². The van der Waals surface area contributed by atoms with Crippen LogP contribution < -0.4 is 20.5 Å². The van der Waals surface area contributed by atoms with Crippen LogP contribution in [-0.4, -0.2) is 28.9 Å². The lowest BCUT2D eigenvalue weighted by molar-refractivity contribution is 0.224. The summed E-state index contributed by atoms with van der Waals surface area (Å²) in [6.45, 7) is 8.13. The Balaban J connectivity index is 2.13. The second kappa shape index (κ2) is 8.14. The maximum Gasteiger partial charge on any atom is 0.252 e. The molecule has 0 aliphatic carbocycles. The lowest BCUT2D eigenvalue weighted by Crippen LogP contribution is -2.10. The smallest absolute Gasteiger partial charge is 0.252 e. The van der Waals surface area contributed by atoms with Crippen LogP contribution in [0.3, 0.4) is 0 Å². The summed E-state index contributed by atoms with van der Waals surface area (Å²) in [5.41, 5.74) is 3.92. The van der Waals surface area contributed by atoms with Crippen LogP contribution in [0.2, 0.25) is 0 Å². The van der Waals surface area contributed by atoms with E-state index in [1.165, 1.54) is 6.07 Å². The highest BCUT2D eigenvalue weighted by molar-refractivity contribution is 5.81. The first-order valence-electron chi connectivity index (χ1n) is 7.78. The molecule has 2 N–H and O–H groups in total. The number of ether oxygens (including phenoxy) is 2. The maximum atomic E-state index is 11.4. The molecule has 0 spiro atoms. The van der Waals surface area contributed by atoms with E-state index in [0.29, 0.717) is 29.7 Å². The number of hydrogen-bond acceptors (Lipinski definition) is 6. The Labute approximate surface area is 140 Å². The first-order chi connectivity index (χ1) is 11.5. The van der Waals surface area contributed by atoms with Crippen molar-refractivity contribution < 1.29 is 9.47 Å². The van der Waals surface area contributed by atoms with Gasteiger partial charge in [-0.1, -0.05) is 0 Å². The summed E-state index contributed by atoms with van der Waals surface area (Å²) in [7, 11) is 0. The minimum atomic E-state index is -0.228. The van der Waals surface area contributed by atoms with Gasteiger partial charge < -0.3 is 9.47 Å². The molecule has 0 fully saturated rings. The third kappa shape index (κ3) is 5.12. The van der Waals surface area contributed by atoms with Gasteiger partial charge in [-0.25, -0.2) is 10.4 Å². The molecule has 1 aromatic heterocycles. The van der Waals surface area contributed by atoms with Crippen LogP contribution in [0.15, 0.2) is 34.2 Å². The predicted octanol–water partition coefficient (Wildman–Crippen LogP) is 2.71. The highest BCUT2D eigenvalue weighted by Crippen LogP contribution is 2.28. The van der Waals surface area contributed by atoms with Crippen LogP contribution in [0.5, 0.6) is 11.5 Å². The number of nitrogens with one attached hydrogen (secondary N) is 2. The fourth-order valence-electron chi connectivity index (χ4n) is 2.02. The summed E-state index contributed by atoms with van der Waals surface area (Å²) in [4.78, 5) is 18.1. The first kappa shape index (κ1) is 17.5. The average Bonchev–Trinajstić information content (AvgIpc) is 2.48. The van der Waals surface area contributed by atoms with E-state index >= 15 is 0 Å². The lowest BCUT2D eigenvalue weighted by Gasteiger charge is -2.14. The van der Waals surface area contributed by atoms with E-state index in [1.807, 2.05) is 39.0 Å². The minimum Gasteiger partial charge on any atom is -0.490 e. The first-order valence-corrected chi connectivity index (χ1v) is 7.78. The molecule has 2 aromatic rings. The molecule has 0 aliphatic heterocycles. The lowest BCUT2D eigenvalue weighted by atomic mass is 10.2. The molecule has 0 atom stereocenters. The Morgan fingerprint density at radius 2 is 2.12 bits per heavy atom. The molecule has 128 valence electrons. The van der Waals surface area contributed by atoms with Gasteiger partial charge in [-0.2, -0.15) is 5.10 Å². The number of H-pyrrole nitrogens is 1. The number of aromatic amines is 1. The molecule has 7 nitrogen and oxygen atoms in total. The molecular weight excluding hydrogens is 308 g/mol. The Morgan fingerprint density at radius 3 is 2.79 bits per heavy atom. The van der Waals surface area contributed by atoms with E-state index in [4.69, 9.17) is 9.47 Å². The van der Waals surface area contributed by atoms with Gasteiger partial charge in [-0.15, -0.1) is 0 Å². The van der Waals surface area contributed by atoms with Gasteiger partial charge in [0.25, 0.3) is 5.56 Å². The number of nitrogens with zero attached hydrogens (tertiary/aromatic N) is 2. The summed E-state index contributed by atoms with van der Waals surface area (Å²) in [6.07, 6.45) is 1.68. The average molecular weight is 330 g/mol. The second-order valence-corrected chi connectivity index (χ2v) is 5.41. The summed E-state index contributed by atoms with van der Waals surface area (Å²) in [5, 5.41) is 4.08. The van der Waals surface area contributed by atoms with Crippen molar-refractivity contribution in [3.63, 3.8) is 0 Å². The number of hydrazone groups is 1. The molecule has 0 aliphatic rings.